The van der Waals surface area contributed by atoms with Crippen LogP contribution in [-0.4, -0.2) is 13.0 Å². The highest BCUT2D eigenvalue weighted by atomic mass is 79.9. The number of methoxy groups -OCH3 is 1. The lowest BCUT2D eigenvalue weighted by molar-refractivity contribution is -0.138. The zero-order valence-corrected chi connectivity index (χ0v) is 9.65. The first-order valence-corrected chi connectivity index (χ1v) is 4.81. The van der Waals surface area contributed by atoms with Crippen LogP contribution in [0, 0.1) is 0 Å². The minimum Gasteiger partial charge on any atom is -0.496 e. The zero-order valence-electron chi connectivity index (χ0n) is 8.06. The fourth-order valence-electron chi connectivity index (χ4n) is 1.13. The summed E-state index contributed by atoms with van der Waals surface area (Å²) in [6, 6.07) is 1.72. The number of hydrogen-bond acceptors (Lipinski definition) is 2. The van der Waals surface area contributed by atoms with E-state index in [2.05, 4.69) is 20.7 Å². The monoisotopic (exact) mass is 297 g/mol. The molecule has 1 aromatic carbocycles. The van der Waals surface area contributed by atoms with Gasteiger partial charge in [0.15, 0.2) is 0 Å². The maximum absolute atomic E-state index is 12.5. The highest BCUT2D eigenvalue weighted by Gasteiger charge is 2.35. The van der Waals surface area contributed by atoms with E-state index in [1.165, 1.54) is 0 Å². The maximum atomic E-state index is 12.5. The van der Waals surface area contributed by atoms with E-state index in [1.807, 2.05) is 0 Å². The number of ether oxygens (including phenoxy) is 1. The lowest BCUT2D eigenvalue weighted by Crippen LogP contribution is -2.14. The second kappa shape index (κ2) is 4.32. The Morgan fingerprint density at radius 3 is 2.38 bits per heavy atom. The fourth-order valence-corrected chi connectivity index (χ4v) is 1.67. The van der Waals surface area contributed by atoms with Gasteiger partial charge in [0.2, 0.25) is 5.91 Å². The van der Waals surface area contributed by atoms with Crippen LogP contribution in [-0.2, 0) is 6.18 Å². The van der Waals surface area contributed by atoms with Gasteiger partial charge in [0.1, 0.15) is 5.75 Å². The highest BCUT2D eigenvalue weighted by Crippen LogP contribution is 2.39. The van der Waals surface area contributed by atoms with E-state index < -0.39 is 23.4 Å². The first-order valence-electron chi connectivity index (χ1n) is 4.02. The van der Waals surface area contributed by atoms with Gasteiger partial charge in [-0.25, -0.2) is 0 Å². The summed E-state index contributed by atoms with van der Waals surface area (Å²) < 4.78 is 42.1. The number of carbonyl (C=O) groups excluding carboxylic acids is 1. The van der Waals surface area contributed by atoms with Gasteiger partial charge < -0.3 is 10.5 Å². The zero-order chi connectivity index (χ0) is 12.5. The number of alkyl halides is 3. The number of primary amides is 1. The van der Waals surface area contributed by atoms with Gasteiger partial charge in [0.25, 0.3) is 0 Å². The Kier molecular flexibility index (Phi) is 3.47. The van der Waals surface area contributed by atoms with Crippen molar-refractivity contribution in [2.45, 2.75) is 6.18 Å². The molecular weight excluding hydrogens is 291 g/mol. The summed E-state index contributed by atoms with van der Waals surface area (Å²) in [6.07, 6.45) is -4.55. The molecule has 7 heteroatoms. The smallest absolute Gasteiger partial charge is 0.420 e. The Balaban J connectivity index is 3.44. The molecule has 2 N–H and O–H groups in total. The molecule has 0 aliphatic heterocycles. The van der Waals surface area contributed by atoms with E-state index in [9.17, 15) is 18.0 Å². The Labute approximate surface area is 97.5 Å². The van der Waals surface area contributed by atoms with Crippen LogP contribution in [0.15, 0.2) is 16.6 Å². The third-order valence-corrected chi connectivity index (χ3v) is 2.52. The molecule has 0 spiro atoms. The van der Waals surface area contributed by atoms with Crippen LogP contribution in [0.25, 0.3) is 0 Å². The van der Waals surface area contributed by atoms with Gasteiger partial charge in [-0.1, -0.05) is 0 Å². The average molecular weight is 298 g/mol. The van der Waals surface area contributed by atoms with Crippen molar-refractivity contribution < 1.29 is 22.7 Å². The quantitative estimate of drug-likeness (QED) is 0.912. The van der Waals surface area contributed by atoms with E-state index in [0.29, 0.717) is 0 Å². The first-order chi connectivity index (χ1) is 7.27. The van der Waals surface area contributed by atoms with Gasteiger partial charge in [-0.3, -0.25) is 4.79 Å². The molecule has 0 aliphatic carbocycles. The van der Waals surface area contributed by atoms with Gasteiger partial charge in [0.05, 0.1) is 18.2 Å². The number of carbonyl (C=O) groups is 1. The molecule has 1 amide bonds. The Morgan fingerprint density at radius 1 is 1.44 bits per heavy atom. The Bertz CT molecular complexity index is 431. The number of nitrogens with two attached hydrogens (primary N) is 1. The molecule has 88 valence electrons. The van der Waals surface area contributed by atoms with Crippen LogP contribution in [0.4, 0.5) is 13.2 Å². The molecule has 0 unspecified atom stereocenters. The topological polar surface area (TPSA) is 52.3 Å². The fraction of sp³-hybridized carbons (Fsp3) is 0.222. The molecule has 0 saturated carbocycles. The van der Waals surface area contributed by atoms with E-state index in [4.69, 9.17) is 5.73 Å². The van der Waals surface area contributed by atoms with Crippen LogP contribution in [0.2, 0.25) is 0 Å². The van der Waals surface area contributed by atoms with Crippen LogP contribution in [0.1, 0.15) is 15.9 Å². The van der Waals surface area contributed by atoms with Crippen molar-refractivity contribution in [1.82, 2.24) is 0 Å². The average Bonchev–Trinajstić information content (AvgIpc) is 2.15. The van der Waals surface area contributed by atoms with Gasteiger partial charge in [-0.05, 0) is 28.1 Å². The van der Waals surface area contributed by atoms with Crippen molar-refractivity contribution in [3.8, 4) is 5.75 Å². The number of rotatable bonds is 2. The van der Waals surface area contributed by atoms with Crippen molar-refractivity contribution in [3.63, 3.8) is 0 Å². The second-order valence-corrected chi connectivity index (χ2v) is 3.75. The summed E-state index contributed by atoms with van der Waals surface area (Å²) in [4.78, 5) is 10.9. The summed E-state index contributed by atoms with van der Waals surface area (Å²) in [5.74, 6) is -1.27. The molecule has 0 atom stereocenters. The highest BCUT2D eigenvalue weighted by molar-refractivity contribution is 9.10. The number of benzene rings is 1. The largest absolute Gasteiger partial charge is 0.496 e. The Hall–Kier alpha value is -1.24. The van der Waals surface area contributed by atoms with Gasteiger partial charge in [0, 0.05) is 4.47 Å². The lowest BCUT2D eigenvalue weighted by atomic mass is 10.1. The molecule has 16 heavy (non-hydrogen) atoms. The Morgan fingerprint density at radius 2 is 2.00 bits per heavy atom. The molecular formula is C9H7BrF3NO2. The first kappa shape index (κ1) is 12.8. The van der Waals surface area contributed by atoms with Crippen molar-refractivity contribution in [2.75, 3.05) is 7.11 Å². The standard InChI is InChI=1S/C9H7BrF3NO2/c1-16-7-2-4(8(14)15)6(10)3-5(7)9(11,12)13/h2-3H,1H3,(H2,14,15). The lowest BCUT2D eigenvalue weighted by Gasteiger charge is -2.13. The van der Waals surface area contributed by atoms with Gasteiger partial charge in [-0.2, -0.15) is 13.2 Å². The molecule has 1 rings (SSSR count). The third-order valence-electron chi connectivity index (χ3n) is 1.86. The summed E-state index contributed by atoms with van der Waals surface area (Å²) in [6.45, 7) is 0. The van der Waals surface area contributed by atoms with E-state index in [0.717, 1.165) is 19.2 Å². The summed E-state index contributed by atoms with van der Waals surface area (Å²) >= 11 is 2.85. The minimum atomic E-state index is -4.55. The molecule has 0 radical (unpaired) electrons. The van der Waals surface area contributed by atoms with Crippen molar-refractivity contribution in [3.05, 3.63) is 27.7 Å². The molecule has 0 aliphatic rings. The predicted molar refractivity (Wildman–Crippen MR) is 54.2 cm³/mol. The van der Waals surface area contributed by atoms with E-state index in [-0.39, 0.29) is 10.0 Å². The molecule has 0 aromatic heterocycles. The maximum Gasteiger partial charge on any atom is 0.420 e. The number of halogens is 4. The summed E-state index contributed by atoms with van der Waals surface area (Å²) in [5, 5.41) is 0. The SMILES string of the molecule is COc1cc(C(N)=O)c(Br)cc1C(F)(F)F. The predicted octanol–water partition coefficient (Wildman–Crippen LogP) is 2.58. The minimum absolute atomic E-state index is 0.0203. The number of hydrogen-bond donors (Lipinski definition) is 1. The molecule has 0 fully saturated rings. The molecule has 0 saturated heterocycles. The molecule has 3 nitrogen and oxygen atoms in total. The van der Waals surface area contributed by atoms with Crippen molar-refractivity contribution in [1.29, 1.82) is 0 Å². The van der Waals surface area contributed by atoms with Crippen molar-refractivity contribution >= 4 is 21.8 Å². The third kappa shape index (κ3) is 2.46. The van der Waals surface area contributed by atoms with Crippen LogP contribution >= 0.6 is 15.9 Å². The molecule has 0 heterocycles. The van der Waals surface area contributed by atoms with Gasteiger partial charge >= 0.3 is 6.18 Å². The molecule has 1 aromatic rings. The van der Waals surface area contributed by atoms with E-state index in [1.54, 1.807) is 0 Å². The molecule has 0 bridgehead atoms. The summed E-state index contributed by atoms with van der Waals surface area (Å²) in [5.41, 5.74) is 3.96. The normalized spacial score (nSPS) is 11.3. The van der Waals surface area contributed by atoms with Crippen molar-refractivity contribution in [2.24, 2.45) is 5.73 Å². The van der Waals surface area contributed by atoms with E-state index >= 15 is 0 Å². The second-order valence-electron chi connectivity index (χ2n) is 2.89. The number of amides is 1. The van der Waals surface area contributed by atoms with Gasteiger partial charge in [-0.15, -0.1) is 0 Å². The summed E-state index contributed by atoms with van der Waals surface area (Å²) in [7, 11) is 1.09. The van der Waals surface area contributed by atoms with Crippen LogP contribution in [0.5, 0.6) is 5.75 Å². The van der Waals surface area contributed by atoms with Crippen LogP contribution in [0.3, 0.4) is 0 Å². The van der Waals surface area contributed by atoms with Crippen LogP contribution < -0.4 is 10.5 Å².